The third-order valence-corrected chi connectivity index (χ3v) is 3.95. The number of rotatable bonds is 3. The van der Waals surface area contributed by atoms with Gasteiger partial charge in [-0.05, 0) is 18.9 Å². The number of ether oxygens (including phenoxy) is 1. The second-order valence-corrected chi connectivity index (χ2v) is 5.47. The van der Waals surface area contributed by atoms with E-state index in [1.165, 1.54) is 12.8 Å². The predicted molar refractivity (Wildman–Crippen MR) is 73.4 cm³/mol. The van der Waals surface area contributed by atoms with Gasteiger partial charge in [0.05, 0.1) is 6.54 Å². The molecule has 2 aliphatic rings. The lowest BCUT2D eigenvalue weighted by Gasteiger charge is -2.20. The van der Waals surface area contributed by atoms with Crippen molar-refractivity contribution in [3.8, 4) is 5.88 Å². The van der Waals surface area contributed by atoms with Crippen LogP contribution >= 0.6 is 0 Å². The van der Waals surface area contributed by atoms with E-state index < -0.39 is 0 Å². The third-order valence-electron chi connectivity index (χ3n) is 3.95. The van der Waals surface area contributed by atoms with Crippen molar-refractivity contribution in [3.05, 3.63) is 18.3 Å². The van der Waals surface area contributed by atoms with Gasteiger partial charge in [0.15, 0.2) is 0 Å². The number of hydrogen-bond acceptors (Lipinski definition) is 4. The molecule has 0 spiro atoms. The Labute approximate surface area is 118 Å². The van der Waals surface area contributed by atoms with Crippen LogP contribution < -0.4 is 10.1 Å². The van der Waals surface area contributed by atoms with Gasteiger partial charge in [-0.3, -0.25) is 0 Å². The van der Waals surface area contributed by atoms with Crippen molar-refractivity contribution in [3.63, 3.8) is 0 Å². The number of carbonyl (C=O) groups is 1. The summed E-state index contributed by atoms with van der Waals surface area (Å²) in [6, 6.07) is 3.99. The highest BCUT2D eigenvalue weighted by molar-refractivity contribution is 5.74. The van der Waals surface area contributed by atoms with Crippen LogP contribution in [0.3, 0.4) is 0 Å². The highest BCUT2D eigenvalue weighted by Gasteiger charge is 2.29. The first-order valence-electron chi connectivity index (χ1n) is 7.31. The zero-order chi connectivity index (χ0) is 13.8. The molecule has 1 aromatic rings. The first-order valence-corrected chi connectivity index (χ1v) is 7.31. The lowest BCUT2D eigenvalue weighted by Crippen LogP contribution is -2.43. The molecule has 0 bridgehead atoms. The standard InChI is InChI=1S/C14H20N4O2/c19-14(16-11-4-1-2-5-11)18-9-7-12(10-18)20-13-6-3-8-15-17-13/h3,6,8,11-12H,1-2,4-5,7,9-10H2,(H,16,19). The zero-order valence-corrected chi connectivity index (χ0v) is 11.5. The Bertz CT molecular complexity index is 448. The number of aromatic nitrogens is 2. The Morgan fingerprint density at radius 2 is 2.20 bits per heavy atom. The molecule has 1 unspecified atom stereocenters. The van der Waals surface area contributed by atoms with Crippen molar-refractivity contribution in [2.75, 3.05) is 13.1 Å². The Hall–Kier alpha value is -1.85. The first kappa shape index (κ1) is 13.1. The van der Waals surface area contributed by atoms with E-state index >= 15 is 0 Å². The minimum atomic E-state index is 0.0148. The number of nitrogens with one attached hydrogen (secondary N) is 1. The van der Waals surface area contributed by atoms with Gasteiger partial charge in [0.2, 0.25) is 5.88 Å². The molecule has 1 aromatic heterocycles. The summed E-state index contributed by atoms with van der Waals surface area (Å²) in [5.41, 5.74) is 0. The minimum Gasteiger partial charge on any atom is -0.471 e. The summed E-state index contributed by atoms with van der Waals surface area (Å²) in [7, 11) is 0. The molecule has 6 nitrogen and oxygen atoms in total. The van der Waals surface area contributed by atoms with Gasteiger partial charge in [-0.15, -0.1) is 5.10 Å². The quantitative estimate of drug-likeness (QED) is 0.910. The number of hydrogen-bond donors (Lipinski definition) is 1. The summed E-state index contributed by atoms with van der Waals surface area (Å²) in [5, 5.41) is 10.8. The molecule has 108 valence electrons. The zero-order valence-electron chi connectivity index (χ0n) is 11.5. The molecule has 0 aromatic carbocycles. The Balaban J connectivity index is 1.47. The van der Waals surface area contributed by atoms with Crippen LogP contribution in [0.2, 0.25) is 0 Å². The molecule has 6 heteroatoms. The number of carbonyl (C=O) groups excluding carboxylic acids is 1. The van der Waals surface area contributed by atoms with Crippen LogP contribution in [-0.2, 0) is 0 Å². The molecular formula is C14H20N4O2. The number of urea groups is 1. The van der Waals surface area contributed by atoms with Gasteiger partial charge in [-0.2, -0.15) is 5.10 Å². The van der Waals surface area contributed by atoms with Crippen molar-refractivity contribution in [1.82, 2.24) is 20.4 Å². The average Bonchev–Trinajstić information content (AvgIpc) is 3.11. The summed E-state index contributed by atoms with van der Waals surface area (Å²) in [5.74, 6) is 0.524. The van der Waals surface area contributed by atoms with E-state index in [0.29, 0.717) is 18.5 Å². The molecule has 1 saturated heterocycles. The van der Waals surface area contributed by atoms with E-state index in [1.54, 1.807) is 18.3 Å². The molecule has 2 amide bonds. The summed E-state index contributed by atoms with van der Waals surface area (Å²) < 4.78 is 5.73. The molecule has 20 heavy (non-hydrogen) atoms. The van der Waals surface area contributed by atoms with Gasteiger partial charge in [0.25, 0.3) is 0 Å². The summed E-state index contributed by atoms with van der Waals surface area (Å²) >= 11 is 0. The van der Waals surface area contributed by atoms with Crippen LogP contribution in [0, 0.1) is 0 Å². The van der Waals surface area contributed by atoms with Crippen LogP contribution in [0.4, 0.5) is 4.79 Å². The van der Waals surface area contributed by atoms with Crippen molar-refractivity contribution < 1.29 is 9.53 Å². The Kier molecular flexibility index (Phi) is 3.99. The van der Waals surface area contributed by atoms with Crippen LogP contribution in [0.15, 0.2) is 18.3 Å². The minimum absolute atomic E-state index is 0.0148. The fraction of sp³-hybridized carbons (Fsp3) is 0.643. The second-order valence-electron chi connectivity index (χ2n) is 5.47. The Morgan fingerprint density at radius 1 is 1.35 bits per heavy atom. The van der Waals surface area contributed by atoms with Crippen LogP contribution in [0.5, 0.6) is 5.88 Å². The highest BCUT2D eigenvalue weighted by atomic mass is 16.5. The van der Waals surface area contributed by atoms with Crippen LogP contribution in [0.25, 0.3) is 0 Å². The van der Waals surface area contributed by atoms with E-state index in [-0.39, 0.29) is 12.1 Å². The monoisotopic (exact) mass is 276 g/mol. The van der Waals surface area contributed by atoms with Gasteiger partial charge >= 0.3 is 6.03 Å². The van der Waals surface area contributed by atoms with Crippen LogP contribution in [0.1, 0.15) is 32.1 Å². The predicted octanol–water partition coefficient (Wildman–Crippen LogP) is 1.58. The topological polar surface area (TPSA) is 67.4 Å². The van der Waals surface area contributed by atoms with Gasteiger partial charge in [-0.1, -0.05) is 12.8 Å². The van der Waals surface area contributed by atoms with E-state index in [2.05, 4.69) is 15.5 Å². The molecule has 1 aliphatic carbocycles. The largest absolute Gasteiger partial charge is 0.471 e. The van der Waals surface area contributed by atoms with Gasteiger partial charge < -0.3 is 15.0 Å². The van der Waals surface area contributed by atoms with Crippen molar-refractivity contribution >= 4 is 6.03 Å². The molecule has 1 N–H and O–H groups in total. The molecule has 1 saturated carbocycles. The second kappa shape index (κ2) is 6.07. The Morgan fingerprint density at radius 3 is 2.95 bits per heavy atom. The molecular weight excluding hydrogens is 256 g/mol. The maximum Gasteiger partial charge on any atom is 0.317 e. The maximum atomic E-state index is 12.1. The summed E-state index contributed by atoms with van der Waals surface area (Å²) in [6.07, 6.45) is 7.14. The van der Waals surface area contributed by atoms with E-state index in [9.17, 15) is 4.79 Å². The molecule has 1 atom stereocenters. The SMILES string of the molecule is O=C(NC1CCCC1)N1CCC(Oc2cccnn2)C1. The fourth-order valence-corrected chi connectivity index (χ4v) is 2.87. The van der Waals surface area contributed by atoms with Crippen molar-refractivity contribution in [2.24, 2.45) is 0 Å². The molecule has 2 fully saturated rings. The molecule has 3 rings (SSSR count). The highest BCUT2D eigenvalue weighted by Crippen LogP contribution is 2.19. The fourth-order valence-electron chi connectivity index (χ4n) is 2.87. The lowest BCUT2D eigenvalue weighted by molar-refractivity contribution is 0.180. The third kappa shape index (κ3) is 3.18. The van der Waals surface area contributed by atoms with Crippen LogP contribution in [-0.4, -0.2) is 46.4 Å². The van der Waals surface area contributed by atoms with Gasteiger partial charge in [0, 0.05) is 31.3 Å². The van der Waals surface area contributed by atoms with E-state index in [1.807, 2.05) is 4.90 Å². The molecule has 1 aliphatic heterocycles. The summed E-state index contributed by atoms with van der Waals surface area (Å²) in [4.78, 5) is 14.0. The first-order chi connectivity index (χ1) is 9.81. The average molecular weight is 276 g/mol. The van der Waals surface area contributed by atoms with Crippen molar-refractivity contribution in [2.45, 2.75) is 44.2 Å². The molecule has 2 heterocycles. The van der Waals surface area contributed by atoms with Gasteiger partial charge in [-0.25, -0.2) is 4.79 Å². The lowest BCUT2D eigenvalue weighted by atomic mass is 10.2. The smallest absolute Gasteiger partial charge is 0.317 e. The maximum absolute atomic E-state index is 12.1. The normalized spacial score (nSPS) is 23.0. The number of likely N-dealkylation sites (tertiary alicyclic amines) is 1. The van der Waals surface area contributed by atoms with Crippen molar-refractivity contribution in [1.29, 1.82) is 0 Å². The van der Waals surface area contributed by atoms with E-state index in [4.69, 9.17) is 4.74 Å². The number of nitrogens with zero attached hydrogens (tertiary/aromatic N) is 3. The summed E-state index contributed by atoms with van der Waals surface area (Å²) in [6.45, 7) is 1.36. The van der Waals surface area contributed by atoms with E-state index in [0.717, 1.165) is 25.8 Å². The molecule has 0 radical (unpaired) electrons. The number of amides is 2. The van der Waals surface area contributed by atoms with Gasteiger partial charge in [0.1, 0.15) is 6.10 Å².